The molecule has 0 aliphatic carbocycles. The van der Waals surface area contributed by atoms with E-state index in [-0.39, 0.29) is 5.91 Å². The topological polar surface area (TPSA) is 79.8 Å². The van der Waals surface area contributed by atoms with Gasteiger partial charge in [0.05, 0.1) is 6.20 Å². The molecule has 0 bridgehead atoms. The lowest BCUT2D eigenvalue weighted by atomic mass is 10.7. The molecule has 1 amide bonds. The van der Waals surface area contributed by atoms with Gasteiger partial charge in [-0.3, -0.25) is 4.79 Å². The van der Waals surface area contributed by atoms with Crippen LogP contribution in [-0.4, -0.2) is 5.91 Å². The van der Waals surface area contributed by atoms with Gasteiger partial charge >= 0.3 is 0 Å². The van der Waals surface area contributed by atoms with E-state index < -0.39 is 0 Å². The summed E-state index contributed by atoms with van der Waals surface area (Å²) in [7, 11) is 0. The zero-order chi connectivity index (χ0) is 7.11. The van der Waals surface area contributed by atoms with Gasteiger partial charge in [0, 0.05) is 13.1 Å². The fourth-order valence-corrected chi connectivity index (χ4v) is 0.226. The SMILES string of the molecule is CC(=O)N/C=C/N=NN. The second kappa shape index (κ2) is 4.76. The molecule has 5 heteroatoms. The predicted octanol–water partition coefficient (Wildman–Crippen LogP) is -0.0804. The average Bonchev–Trinajstić information content (AvgIpc) is 1.80. The van der Waals surface area contributed by atoms with E-state index in [1.165, 1.54) is 19.3 Å². The summed E-state index contributed by atoms with van der Waals surface area (Å²) in [6, 6.07) is 0. The van der Waals surface area contributed by atoms with E-state index in [0.717, 1.165) is 0 Å². The van der Waals surface area contributed by atoms with E-state index in [9.17, 15) is 4.79 Å². The number of amides is 1. The quantitative estimate of drug-likeness (QED) is 0.310. The second-order valence-electron chi connectivity index (χ2n) is 1.25. The minimum Gasteiger partial charge on any atom is -0.331 e. The molecular weight excluding hydrogens is 120 g/mol. The Morgan fingerprint density at radius 2 is 2.44 bits per heavy atom. The molecule has 0 atom stereocenters. The van der Waals surface area contributed by atoms with Gasteiger partial charge in [-0.05, 0) is 0 Å². The highest BCUT2D eigenvalue weighted by Gasteiger charge is 1.78. The number of hydrogen-bond donors (Lipinski definition) is 2. The van der Waals surface area contributed by atoms with Gasteiger partial charge in [-0.25, -0.2) is 0 Å². The van der Waals surface area contributed by atoms with Crippen molar-refractivity contribution in [1.29, 1.82) is 0 Å². The van der Waals surface area contributed by atoms with Crippen LogP contribution in [0.1, 0.15) is 6.92 Å². The van der Waals surface area contributed by atoms with Crippen LogP contribution in [0.5, 0.6) is 0 Å². The van der Waals surface area contributed by atoms with Crippen molar-refractivity contribution in [2.75, 3.05) is 0 Å². The zero-order valence-corrected chi connectivity index (χ0v) is 5.03. The highest BCUT2D eigenvalue weighted by atomic mass is 16.1. The van der Waals surface area contributed by atoms with Gasteiger partial charge in [0.25, 0.3) is 0 Å². The fourth-order valence-electron chi connectivity index (χ4n) is 0.226. The first-order chi connectivity index (χ1) is 4.27. The summed E-state index contributed by atoms with van der Waals surface area (Å²) in [5.74, 6) is 4.49. The third kappa shape index (κ3) is 6.61. The Morgan fingerprint density at radius 1 is 1.78 bits per heavy atom. The minimum absolute atomic E-state index is 0.154. The van der Waals surface area contributed by atoms with Crippen LogP contribution in [-0.2, 0) is 4.79 Å². The number of nitrogens with two attached hydrogens (primary N) is 1. The molecule has 0 saturated carbocycles. The standard InChI is InChI=1S/C4H8N4O/c1-4(9)6-2-3-7-8-5/h2-3H,1H3,(H2,5,7)(H,6,9)/b3-2+. The van der Waals surface area contributed by atoms with E-state index in [1.807, 2.05) is 0 Å². The van der Waals surface area contributed by atoms with Gasteiger partial charge in [-0.2, -0.15) is 0 Å². The van der Waals surface area contributed by atoms with Crippen molar-refractivity contribution < 1.29 is 4.79 Å². The Balaban J connectivity index is 3.36. The second-order valence-corrected chi connectivity index (χ2v) is 1.25. The maximum atomic E-state index is 10.1. The number of nitrogens with zero attached hydrogens (tertiary/aromatic N) is 2. The van der Waals surface area contributed by atoms with Crippen molar-refractivity contribution in [3.05, 3.63) is 12.4 Å². The summed E-state index contributed by atoms with van der Waals surface area (Å²) in [4.78, 5) is 10.1. The molecule has 0 aromatic heterocycles. The molecular formula is C4H8N4O. The molecule has 9 heavy (non-hydrogen) atoms. The normalized spacial score (nSPS) is 10.8. The van der Waals surface area contributed by atoms with Crippen LogP contribution in [0.15, 0.2) is 22.7 Å². The molecule has 0 spiro atoms. The van der Waals surface area contributed by atoms with Crippen molar-refractivity contribution in [3.63, 3.8) is 0 Å². The van der Waals surface area contributed by atoms with E-state index >= 15 is 0 Å². The summed E-state index contributed by atoms with van der Waals surface area (Å²) < 4.78 is 0. The highest BCUT2D eigenvalue weighted by Crippen LogP contribution is 1.69. The Labute approximate surface area is 52.6 Å². The molecule has 0 aliphatic rings. The van der Waals surface area contributed by atoms with Crippen LogP contribution in [0, 0.1) is 0 Å². The molecule has 0 aromatic rings. The maximum Gasteiger partial charge on any atom is 0.220 e. The van der Waals surface area contributed by atoms with Crippen LogP contribution < -0.4 is 11.2 Å². The molecule has 0 aromatic carbocycles. The fraction of sp³-hybridized carbons (Fsp3) is 0.250. The van der Waals surface area contributed by atoms with Crippen LogP contribution in [0.2, 0.25) is 0 Å². The van der Waals surface area contributed by atoms with Crippen LogP contribution in [0.4, 0.5) is 0 Å². The number of nitrogens with one attached hydrogen (secondary N) is 1. The first-order valence-corrected chi connectivity index (χ1v) is 2.29. The third-order valence-corrected chi connectivity index (χ3v) is 0.494. The van der Waals surface area contributed by atoms with Crippen molar-refractivity contribution in [1.82, 2.24) is 5.32 Å². The smallest absolute Gasteiger partial charge is 0.220 e. The lowest BCUT2D eigenvalue weighted by Gasteiger charge is -1.85. The van der Waals surface area contributed by atoms with Gasteiger partial charge < -0.3 is 11.2 Å². The summed E-state index contributed by atoms with van der Waals surface area (Å²) in [5, 5.41) is 8.52. The Bertz CT molecular complexity index is 140. The number of hydrogen-bond acceptors (Lipinski definition) is 3. The number of carbonyl (C=O) groups excluding carboxylic acids is 1. The molecule has 0 rings (SSSR count). The van der Waals surface area contributed by atoms with Crippen molar-refractivity contribution in [3.8, 4) is 0 Å². The lowest BCUT2D eigenvalue weighted by Crippen LogP contribution is -2.10. The van der Waals surface area contributed by atoms with Gasteiger partial charge in [0.1, 0.15) is 0 Å². The number of rotatable bonds is 2. The van der Waals surface area contributed by atoms with E-state index in [1.54, 1.807) is 0 Å². The molecule has 0 heterocycles. The largest absolute Gasteiger partial charge is 0.331 e. The monoisotopic (exact) mass is 128 g/mol. The summed E-state index contributed by atoms with van der Waals surface area (Å²) >= 11 is 0. The van der Waals surface area contributed by atoms with Crippen molar-refractivity contribution in [2.45, 2.75) is 6.92 Å². The van der Waals surface area contributed by atoms with Gasteiger partial charge in [0.15, 0.2) is 0 Å². The zero-order valence-electron chi connectivity index (χ0n) is 5.03. The molecule has 3 N–H and O–H groups in total. The summed E-state index contributed by atoms with van der Waals surface area (Å²) in [6.45, 7) is 1.39. The maximum absolute atomic E-state index is 10.1. The van der Waals surface area contributed by atoms with E-state index in [2.05, 4.69) is 21.5 Å². The Morgan fingerprint density at radius 3 is 2.89 bits per heavy atom. The third-order valence-electron chi connectivity index (χ3n) is 0.494. The van der Waals surface area contributed by atoms with E-state index in [4.69, 9.17) is 0 Å². The predicted molar refractivity (Wildman–Crippen MR) is 32.0 cm³/mol. The lowest BCUT2D eigenvalue weighted by molar-refractivity contribution is -0.118. The van der Waals surface area contributed by atoms with Crippen molar-refractivity contribution >= 4 is 5.91 Å². The van der Waals surface area contributed by atoms with Crippen LogP contribution in [0.3, 0.4) is 0 Å². The molecule has 50 valence electrons. The summed E-state index contributed by atoms with van der Waals surface area (Å²) in [5.41, 5.74) is 0. The van der Waals surface area contributed by atoms with Gasteiger partial charge in [-0.15, -0.1) is 5.11 Å². The van der Waals surface area contributed by atoms with Gasteiger partial charge in [0.2, 0.25) is 5.91 Å². The van der Waals surface area contributed by atoms with E-state index in [0.29, 0.717) is 0 Å². The summed E-state index contributed by atoms with van der Waals surface area (Å²) in [6.07, 6.45) is 2.63. The Kier molecular flexibility index (Phi) is 4.03. The van der Waals surface area contributed by atoms with Crippen LogP contribution >= 0.6 is 0 Å². The van der Waals surface area contributed by atoms with Crippen LogP contribution in [0.25, 0.3) is 0 Å². The Hall–Kier alpha value is -1.39. The minimum atomic E-state index is -0.154. The van der Waals surface area contributed by atoms with Gasteiger partial charge in [-0.1, -0.05) is 5.22 Å². The molecule has 0 radical (unpaired) electrons. The molecule has 0 unspecified atom stereocenters. The molecule has 0 fully saturated rings. The van der Waals surface area contributed by atoms with Crippen molar-refractivity contribution in [2.24, 2.45) is 16.2 Å². The first-order valence-electron chi connectivity index (χ1n) is 2.29. The molecule has 0 saturated heterocycles. The molecule has 5 nitrogen and oxygen atoms in total. The highest BCUT2D eigenvalue weighted by molar-refractivity contribution is 5.73. The number of carbonyl (C=O) groups is 1. The average molecular weight is 128 g/mol. The first kappa shape index (κ1) is 7.61. The molecule has 0 aliphatic heterocycles.